The molecule has 2 rings (SSSR count). The zero-order valence-corrected chi connectivity index (χ0v) is 18.5. The number of ether oxygens (including phenoxy) is 3. The first kappa shape index (κ1) is 22.5. The summed E-state index contributed by atoms with van der Waals surface area (Å²) in [6, 6.07) is 6.99. The van der Waals surface area contributed by atoms with Crippen molar-refractivity contribution in [1.29, 1.82) is 0 Å². The fourth-order valence-electron chi connectivity index (χ4n) is 2.93. The maximum Gasteiger partial charge on any atom is 0.338 e. The highest BCUT2D eigenvalue weighted by Gasteiger charge is 2.19. The van der Waals surface area contributed by atoms with Gasteiger partial charge in [0.15, 0.2) is 0 Å². The second kappa shape index (κ2) is 9.12. The predicted molar refractivity (Wildman–Crippen MR) is 113 cm³/mol. The van der Waals surface area contributed by atoms with E-state index in [0.717, 1.165) is 22.3 Å². The number of esters is 2. The molecule has 0 unspecified atom stereocenters. The molecule has 0 saturated heterocycles. The summed E-state index contributed by atoms with van der Waals surface area (Å²) in [5.41, 5.74) is 4.43. The molecule has 0 aliphatic carbocycles. The predicted octanol–water partition coefficient (Wildman–Crippen LogP) is 5.84. The molecular formula is C24H30O5. The molecule has 0 atom stereocenters. The lowest BCUT2D eigenvalue weighted by molar-refractivity contribution is 0.0366. The third-order valence-corrected chi connectivity index (χ3v) is 4.82. The Balaban J connectivity index is 2.33. The first-order valence-electron chi connectivity index (χ1n) is 9.83. The molecule has 5 heteroatoms. The highest BCUT2D eigenvalue weighted by Crippen LogP contribution is 2.33. The summed E-state index contributed by atoms with van der Waals surface area (Å²) in [6.07, 6.45) is -0.352. The average Bonchev–Trinajstić information content (AvgIpc) is 2.61. The van der Waals surface area contributed by atoms with Crippen LogP contribution < -0.4 is 4.74 Å². The van der Waals surface area contributed by atoms with Crippen LogP contribution in [0.15, 0.2) is 24.3 Å². The second-order valence-corrected chi connectivity index (χ2v) is 7.73. The molecule has 0 aromatic heterocycles. The Morgan fingerprint density at radius 3 is 1.28 bits per heavy atom. The van der Waals surface area contributed by atoms with Crippen LogP contribution in [0.4, 0.5) is 0 Å². The van der Waals surface area contributed by atoms with Crippen LogP contribution in [-0.4, -0.2) is 24.1 Å². The lowest BCUT2D eigenvalue weighted by Gasteiger charge is -2.18. The van der Waals surface area contributed by atoms with E-state index < -0.39 is 0 Å². The number of hydrogen-bond donors (Lipinski definition) is 0. The highest BCUT2D eigenvalue weighted by molar-refractivity contribution is 5.92. The quantitative estimate of drug-likeness (QED) is 0.572. The van der Waals surface area contributed by atoms with E-state index in [1.54, 1.807) is 24.3 Å². The van der Waals surface area contributed by atoms with Crippen molar-refractivity contribution in [3.8, 4) is 11.5 Å². The van der Waals surface area contributed by atoms with Gasteiger partial charge in [-0.1, -0.05) is 0 Å². The smallest absolute Gasteiger partial charge is 0.338 e. The normalized spacial score (nSPS) is 11.0. The van der Waals surface area contributed by atoms with Crippen molar-refractivity contribution in [2.24, 2.45) is 0 Å². The third-order valence-electron chi connectivity index (χ3n) is 4.82. The first-order chi connectivity index (χ1) is 13.5. The number of carbonyl (C=O) groups is 2. The number of carbonyl (C=O) groups excluding carboxylic acids is 2. The van der Waals surface area contributed by atoms with Crippen molar-refractivity contribution in [3.63, 3.8) is 0 Å². The largest absolute Gasteiger partial charge is 0.459 e. The summed E-state index contributed by atoms with van der Waals surface area (Å²) in [6.45, 7) is 14.9. The zero-order chi connectivity index (χ0) is 21.9. The maximum absolute atomic E-state index is 12.3. The Morgan fingerprint density at radius 2 is 0.966 bits per heavy atom. The summed E-state index contributed by atoms with van der Waals surface area (Å²) in [5.74, 6) is 0.631. The monoisotopic (exact) mass is 398 g/mol. The summed E-state index contributed by atoms with van der Waals surface area (Å²) in [4.78, 5) is 24.5. The van der Waals surface area contributed by atoms with Gasteiger partial charge in [0.2, 0.25) is 0 Å². The minimum atomic E-state index is -0.341. The molecule has 0 N–H and O–H groups in total. The van der Waals surface area contributed by atoms with Gasteiger partial charge < -0.3 is 14.2 Å². The molecule has 0 heterocycles. The van der Waals surface area contributed by atoms with Crippen molar-refractivity contribution in [1.82, 2.24) is 0 Å². The molecule has 0 radical (unpaired) electrons. The van der Waals surface area contributed by atoms with E-state index in [0.29, 0.717) is 22.6 Å². The van der Waals surface area contributed by atoms with Crippen molar-refractivity contribution in [3.05, 3.63) is 57.6 Å². The van der Waals surface area contributed by atoms with Gasteiger partial charge in [-0.05, 0) is 102 Å². The standard InChI is InChI=1S/C24H30O5/c1-13(2)27-23(25)19-9-11-21(17(7)15(19)5)29-22-12-10-20(16(6)18(22)8)24(26)28-14(3)4/h9-14H,1-8H3. The number of hydrogen-bond acceptors (Lipinski definition) is 5. The Morgan fingerprint density at radius 1 is 0.621 bits per heavy atom. The van der Waals surface area contributed by atoms with Crippen LogP contribution in [0.2, 0.25) is 0 Å². The Hall–Kier alpha value is -2.82. The van der Waals surface area contributed by atoms with Gasteiger partial charge >= 0.3 is 11.9 Å². The molecule has 0 fully saturated rings. The van der Waals surface area contributed by atoms with Gasteiger partial charge in [0.25, 0.3) is 0 Å². The molecular weight excluding hydrogens is 368 g/mol. The van der Waals surface area contributed by atoms with Gasteiger partial charge in [0.1, 0.15) is 11.5 Å². The Kier molecular flexibility index (Phi) is 7.07. The summed E-state index contributed by atoms with van der Waals surface area (Å²) in [7, 11) is 0. The Bertz CT molecular complexity index is 850. The van der Waals surface area contributed by atoms with E-state index in [-0.39, 0.29) is 24.1 Å². The van der Waals surface area contributed by atoms with E-state index in [4.69, 9.17) is 14.2 Å². The number of benzene rings is 2. The van der Waals surface area contributed by atoms with Crippen LogP contribution in [-0.2, 0) is 9.47 Å². The van der Waals surface area contributed by atoms with Gasteiger partial charge in [-0.3, -0.25) is 0 Å². The van der Waals surface area contributed by atoms with E-state index in [1.807, 2.05) is 55.4 Å². The van der Waals surface area contributed by atoms with E-state index in [2.05, 4.69) is 0 Å². The minimum absolute atomic E-state index is 0.176. The van der Waals surface area contributed by atoms with Crippen LogP contribution >= 0.6 is 0 Å². The molecule has 0 amide bonds. The van der Waals surface area contributed by atoms with Crippen molar-refractivity contribution < 1.29 is 23.8 Å². The van der Waals surface area contributed by atoms with Gasteiger partial charge in [0.05, 0.1) is 23.3 Å². The molecule has 5 nitrogen and oxygen atoms in total. The SMILES string of the molecule is Cc1c(Oc2ccc(C(=O)OC(C)C)c(C)c2C)ccc(C(=O)OC(C)C)c1C. The van der Waals surface area contributed by atoms with Crippen LogP contribution in [0, 0.1) is 27.7 Å². The fourth-order valence-corrected chi connectivity index (χ4v) is 2.93. The topological polar surface area (TPSA) is 61.8 Å². The van der Waals surface area contributed by atoms with Gasteiger partial charge in [-0.2, -0.15) is 0 Å². The first-order valence-corrected chi connectivity index (χ1v) is 9.83. The third kappa shape index (κ3) is 5.17. The lowest BCUT2D eigenvalue weighted by atomic mass is 10.0. The van der Waals surface area contributed by atoms with E-state index >= 15 is 0 Å². The second-order valence-electron chi connectivity index (χ2n) is 7.73. The molecule has 0 aliphatic rings. The minimum Gasteiger partial charge on any atom is -0.459 e. The summed E-state index contributed by atoms with van der Waals surface area (Å²) in [5, 5.41) is 0. The molecule has 29 heavy (non-hydrogen) atoms. The van der Waals surface area contributed by atoms with E-state index in [1.165, 1.54) is 0 Å². The maximum atomic E-state index is 12.3. The van der Waals surface area contributed by atoms with Crippen molar-refractivity contribution >= 4 is 11.9 Å². The Labute approximate surface area is 173 Å². The summed E-state index contributed by atoms with van der Waals surface area (Å²) >= 11 is 0. The van der Waals surface area contributed by atoms with E-state index in [9.17, 15) is 9.59 Å². The van der Waals surface area contributed by atoms with Crippen LogP contribution in [0.5, 0.6) is 11.5 Å². The lowest BCUT2D eigenvalue weighted by Crippen LogP contribution is -2.14. The highest BCUT2D eigenvalue weighted by atomic mass is 16.5. The molecule has 156 valence electrons. The summed E-state index contributed by atoms with van der Waals surface area (Å²) < 4.78 is 16.7. The van der Waals surface area contributed by atoms with Crippen LogP contribution in [0.3, 0.4) is 0 Å². The van der Waals surface area contributed by atoms with Gasteiger partial charge in [-0.25, -0.2) is 9.59 Å². The molecule has 2 aromatic rings. The van der Waals surface area contributed by atoms with Crippen LogP contribution in [0.1, 0.15) is 70.7 Å². The molecule has 0 saturated carbocycles. The van der Waals surface area contributed by atoms with Gasteiger partial charge in [0, 0.05) is 0 Å². The van der Waals surface area contributed by atoms with Crippen molar-refractivity contribution in [2.75, 3.05) is 0 Å². The van der Waals surface area contributed by atoms with Crippen LogP contribution in [0.25, 0.3) is 0 Å². The molecule has 0 aliphatic heterocycles. The molecule has 0 bridgehead atoms. The van der Waals surface area contributed by atoms with Gasteiger partial charge in [-0.15, -0.1) is 0 Å². The van der Waals surface area contributed by atoms with Crippen molar-refractivity contribution in [2.45, 2.75) is 67.6 Å². The zero-order valence-electron chi connectivity index (χ0n) is 18.5. The number of rotatable bonds is 6. The molecule has 2 aromatic carbocycles. The fraction of sp³-hybridized carbons (Fsp3) is 0.417. The average molecular weight is 398 g/mol. The molecule has 0 spiro atoms.